The third-order valence-corrected chi connectivity index (χ3v) is 6.22. The average molecular weight is 507 g/mol. The Balaban J connectivity index is 1.38. The quantitative estimate of drug-likeness (QED) is 0.303. The number of methoxy groups -OCH3 is 1. The summed E-state index contributed by atoms with van der Waals surface area (Å²) >= 11 is 0. The van der Waals surface area contributed by atoms with E-state index in [-0.39, 0.29) is 25.1 Å². The van der Waals surface area contributed by atoms with Crippen molar-refractivity contribution < 1.29 is 24.5 Å². The van der Waals surface area contributed by atoms with Gasteiger partial charge in [0.25, 0.3) is 5.91 Å². The van der Waals surface area contributed by atoms with E-state index < -0.39 is 30.5 Å². The number of nitrogens with zero attached hydrogens (tertiary/aromatic N) is 5. The maximum Gasteiger partial charge on any atom is 0.262 e. The minimum atomic E-state index is -1.09. The third kappa shape index (κ3) is 6.31. The Morgan fingerprint density at radius 1 is 1.30 bits per heavy atom. The van der Waals surface area contributed by atoms with Crippen molar-refractivity contribution in [1.82, 2.24) is 20.3 Å². The highest BCUT2D eigenvalue weighted by atomic mass is 16.7. The molecule has 1 aliphatic heterocycles. The molecule has 0 aliphatic carbocycles. The van der Waals surface area contributed by atoms with Gasteiger partial charge in [0.05, 0.1) is 25.4 Å². The van der Waals surface area contributed by atoms with E-state index >= 15 is 0 Å². The Morgan fingerprint density at radius 3 is 2.78 bits per heavy atom. The van der Waals surface area contributed by atoms with Gasteiger partial charge in [0, 0.05) is 33.3 Å². The third-order valence-electron chi connectivity index (χ3n) is 6.22. The predicted octanol–water partition coefficient (Wildman–Crippen LogP) is 1.20. The molecule has 0 bridgehead atoms. The topological polar surface area (TPSA) is 146 Å². The molecule has 0 unspecified atom stereocenters. The highest BCUT2D eigenvalue weighted by molar-refractivity contribution is 6.02. The van der Waals surface area contributed by atoms with Gasteiger partial charge in [-0.15, -0.1) is 5.10 Å². The molecule has 1 fully saturated rings. The summed E-state index contributed by atoms with van der Waals surface area (Å²) in [5.74, 6) is -0.530. The van der Waals surface area contributed by atoms with Crippen molar-refractivity contribution >= 4 is 28.4 Å². The number of nitriles is 1. The second-order valence-corrected chi connectivity index (χ2v) is 9.10. The summed E-state index contributed by atoms with van der Waals surface area (Å²) in [5.41, 5.74) is 2.26. The SMILES string of the molecule is CO[C@@H]1C[C@@H](O)[C@H](O)[C@@H](Cn2cc(CNC(=O)/C(C#N)=C/c3ccc4cc(N(C)C)ccc4c3)nn2)O1. The number of benzene rings is 2. The number of rotatable bonds is 8. The smallest absolute Gasteiger partial charge is 0.262 e. The number of hydrogen-bond donors (Lipinski definition) is 3. The molecule has 1 aliphatic rings. The van der Waals surface area contributed by atoms with Crippen molar-refractivity contribution in [3.63, 3.8) is 0 Å². The maximum absolute atomic E-state index is 12.6. The van der Waals surface area contributed by atoms with Gasteiger partial charge in [-0.05, 0) is 40.6 Å². The standard InChI is InChI=1S/C26H30N6O5/c1-31(2)21-7-6-17-8-16(4-5-18(17)10-21)9-19(12-27)26(35)28-13-20-14-32(30-29-20)15-23-25(34)22(33)11-24(36-3)37-23/h4-10,14,22-25,33-34H,11,13,15H2,1-3H3,(H,28,35)/b19-9+/t22-,23-,24+,25+/m1/s1. The molecule has 1 saturated heterocycles. The molecule has 3 N–H and O–H groups in total. The minimum Gasteiger partial charge on any atom is -0.390 e. The fourth-order valence-corrected chi connectivity index (χ4v) is 4.11. The van der Waals surface area contributed by atoms with Crippen LogP contribution in [0.5, 0.6) is 0 Å². The molecule has 194 valence electrons. The molecule has 37 heavy (non-hydrogen) atoms. The van der Waals surface area contributed by atoms with E-state index in [1.807, 2.05) is 55.4 Å². The molecule has 4 rings (SSSR count). The summed E-state index contributed by atoms with van der Waals surface area (Å²) in [5, 5.41) is 42.5. The number of carbonyl (C=O) groups excluding carboxylic acids is 1. The maximum atomic E-state index is 12.6. The number of nitrogens with one attached hydrogen (secondary N) is 1. The van der Waals surface area contributed by atoms with E-state index in [0.717, 1.165) is 22.0 Å². The van der Waals surface area contributed by atoms with Crippen LogP contribution in [0.3, 0.4) is 0 Å². The summed E-state index contributed by atoms with van der Waals surface area (Å²) in [6, 6.07) is 13.8. The normalized spacial score (nSPS) is 22.0. The van der Waals surface area contributed by atoms with E-state index in [1.165, 1.54) is 11.8 Å². The van der Waals surface area contributed by atoms with Crippen LogP contribution in [-0.4, -0.2) is 76.9 Å². The lowest BCUT2D eigenvalue weighted by Gasteiger charge is -2.36. The molecule has 11 heteroatoms. The number of aromatic nitrogens is 3. The Hall–Kier alpha value is -3.82. The van der Waals surface area contributed by atoms with Crippen molar-refractivity contribution in [3.8, 4) is 6.07 Å². The van der Waals surface area contributed by atoms with Crippen molar-refractivity contribution in [2.75, 3.05) is 26.1 Å². The number of anilines is 1. The van der Waals surface area contributed by atoms with Gasteiger partial charge < -0.3 is 29.9 Å². The first-order valence-corrected chi connectivity index (χ1v) is 11.8. The van der Waals surface area contributed by atoms with Crippen LogP contribution in [0.15, 0.2) is 48.2 Å². The minimum absolute atomic E-state index is 0.0324. The van der Waals surface area contributed by atoms with E-state index in [9.17, 15) is 20.3 Å². The highest BCUT2D eigenvalue weighted by Gasteiger charge is 2.37. The molecule has 1 aromatic heterocycles. The Morgan fingerprint density at radius 2 is 2.05 bits per heavy atom. The van der Waals surface area contributed by atoms with E-state index in [4.69, 9.17) is 9.47 Å². The van der Waals surface area contributed by atoms with Crippen LogP contribution in [0.4, 0.5) is 5.69 Å². The fourth-order valence-electron chi connectivity index (χ4n) is 4.11. The second kappa shape index (κ2) is 11.5. The fraction of sp³-hybridized carbons (Fsp3) is 0.385. The van der Waals surface area contributed by atoms with Gasteiger partial charge in [-0.3, -0.25) is 4.79 Å². The first-order valence-electron chi connectivity index (χ1n) is 11.8. The molecule has 0 radical (unpaired) electrons. The van der Waals surface area contributed by atoms with Gasteiger partial charge in [0.2, 0.25) is 0 Å². The number of hydrogen-bond acceptors (Lipinski definition) is 9. The number of aliphatic hydroxyl groups excluding tert-OH is 2. The predicted molar refractivity (Wildman–Crippen MR) is 136 cm³/mol. The van der Waals surface area contributed by atoms with Crippen LogP contribution >= 0.6 is 0 Å². The zero-order chi connectivity index (χ0) is 26.5. The Bertz CT molecular complexity index is 1330. The van der Waals surface area contributed by atoms with Crippen LogP contribution in [0.1, 0.15) is 17.7 Å². The number of fused-ring (bicyclic) bond motifs is 1. The summed E-state index contributed by atoms with van der Waals surface area (Å²) in [6.45, 7) is 0.195. The largest absolute Gasteiger partial charge is 0.390 e. The molecule has 2 aromatic carbocycles. The zero-order valence-electron chi connectivity index (χ0n) is 20.9. The van der Waals surface area contributed by atoms with Crippen LogP contribution in [0.2, 0.25) is 0 Å². The lowest BCUT2D eigenvalue weighted by atomic mass is 10.0. The molecule has 0 spiro atoms. The highest BCUT2D eigenvalue weighted by Crippen LogP contribution is 2.24. The van der Waals surface area contributed by atoms with Gasteiger partial charge in [-0.25, -0.2) is 4.68 Å². The van der Waals surface area contributed by atoms with Gasteiger partial charge in [0.15, 0.2) is 6.29 Å². The van der Waals surface area contributed by atoms with E-state index in [2.05, 4.69) is 21.7 Å². The lowest BCUT2D eigenvalue weighted by molar-refractivity contribution is -0.245. The Labute approximate surface area is 214 Å². The second-order valence-electron chi connectivity index (χ2n) is 9.10. The number of ether oxygens (including phenoxy) is 2. The molecule has 3 aromatic rings. The lowest BCUT2D eigenvalue weighted by Crippen LogP contribution is -2.50. The first kappa shape index (κ1) is 26.2. The summed E-state index contributed by atoms with van der Waals surface area (Å²) in [7, 11) is 5.43. The van der Waals surface area contributed by atoms with Crippen molar-refractivity contribution in [3.05, 3.63) is 59.4 Å². The Kier molecular flexibility index (Phi) is 8.15. The van der Waals surface area contributed by atoms with Crippen molar-refractivity contribution in [2.45, 2.75) is 44.1 Å². The molecular formula is C26H30N6O5. The van der Waals surface area contributed by atoms with Gasteiger partial charge in [-0.1, -0.05) is 23.4 Å². The molecule has 2 heterocycles. The van der Waals surface area contributed by atoms with Crippen molar-refractivity contribution in [1.29, 1.82) is 5.26 Å². The number of carbonyl (C=O) groups is 1. The van der Waals surface area contributed by atoms with E-state index in [1.54, 1.807) is 12.3 Å². The van der Waals surface area contributed by atoms with Crippen LogP contribution in [-0.2, 0) is 27.4 Å². The van der Waals surface area contributed by atoms with Crippen LogP contribution in [0.25, 0.3) is 16.8 Å². The molecule has 11 nitrogen and oxygen atoms in total. The van der Waals surface area contributed by atoms with Crippen LogP contribution < -0.4 is 10.2 Å². The summed E-state index contributed by atoms with van der Waals surface area (Å²) < 4.78 is 12.2. The number of aliphatic hydroxyl groups is 2. The average Bonchev–Trinajstić information content (AvgIpc) is 3.35. The first-order chi connectivity index (χ1) is 17.8. The zero-order valence-corrected chi connectivity index (χ0v) is 20.9. The molecule has 0 saturated carbocycles. The molecule has 4 atom stereocenters. The van der Waals surface area contributed by atoms with Gasteiger partial charge in [0.1, 0.15) is 29.5 Å². The molecular weight excluding hydrogens is 476 g/mol. The van der Waals surface area contributed by atoms with Gasteiger partial charge >= 0.3 is 0 Å². The van der Waals surface area contributed by atoms with Gasteiger partial charge in [-0.2, -0.15) is 5.26 Å². The summed E-state index contributed by atoms with van der Waals surface area (Å²) in [4.78, 5) is 14.7. The molecule has 1 amide bonds. The summed E-state index contributed by atoms with van der Waals surface area (Å²) in [6.07, 6.45) is -0.103. The number of amides is 1. The van der Waals surface area contributed by atoms with Crippen molar-refractivity contribution in [2.24, 2.45) is 0 Å². The van der Waals surface area contributed by atoms with Crippen LogP contribution in [0, 0.1) is 11.3 Å². The van der Waals surface area contributed by atoms with E-state index in [0.29, 0.717) is 5.69 Å². The monoisotopic (exact) mass is 506 g/mol.